The van der Waals surface area contributed by atoms with Crippen LogP contribution in [0.3, 0.4) is 0 Å². The first-order chi connectivity index (χ1) is 9.29. The molecule has 1 rings (SSSR count). The van der Waals surface area contributed by atoms with Crippen molar-refractivity contribution in [3.63, 3.8) is 0 Å². The minimum atomic E-state index is -1.05. The Hall–Kier alpha value is -1.88. The zero-order valence-corrected chi connectivity index (χ0v) is 12.3. The van der Waals surface area contributed by atoms with E-state index < -0.39 is 24.5 Å². The molecule has 0 unspecified atom stereocenters. The molecule has 1 amide bonds. The molecule has 0 saturated carbocycles. The average molecular weight is 279 g/mol. The minimum Gasteiger partial charge on any atom is -0.467 e. The third-order valence-corrected chi connectivity index (χ3v) is 2.99. The Kier molecular flexibility index (Phi) is 5.27. The van der Waals surface area contributed by atoms with E-state index in [2.05, 4.69) is 30.8 Å². The summed E-state index contributed by atoms with van der Waals surface area (Å²) in [6, 6.07) is 6.10. The summed E-state index contributed by atoms with van der Waals surface area (Å²) in [5.41, 5.74) is 1.55. The molecular weight excluding hydrogens is 258 g/mol. The maximum absolute atomic E-state index is 12.0. The molecule has 5 heteroatoms. The van der Waals surface area contributed by atoms with Gasteiger partial charge in [0.15, 0.2) is 6.04 Å². The second-order valence-electron chi connectivity index (χ2n) is 5.56. The van der Waals surface area contributed by atoms with E-state index in [4.69, 9.17) is 5.11 Å². The molecule has 0 saturated heterocycles. The second kappa shape index (κ2) is 6.52. The highest BCUT2D eigenvalue weighted by molar-refractivity contribution is 5.96. The molecule has 1 aromatic rings. The Balaban J connectivity index is 2.80. The van der Waals surface area contributed by atoms with E-state index in [9.17, 15) is 9.59 Å². The Morgan fingerprint density at radius 3 is 2.20 bits per heavy atom. The number of benzene rings is 1. The number of aliphatic hydroxyl groups is 1. The number of carbonyl (C=O) groups excluding carboxylic acids is 2. The summed E-state index contributed by atoms with van der Waals surface area (Å²) in [6.07, 6.45) is 0. The SMILES string of the molecule is COC(=O)[C@@H](CO)NC(=O)c1ccc(C(C)(C)C)cc1. The lowest BCUT2D eigenvalue weighted by Gasteiger charge is -2.19. The van der Waals surface area contributed by atoms with Crippen molar-refractivity contribution in [1.82, 2.24) is 5.32 Å². The summed E-state index contributed by atoms with van der Waals surface area (Å²) in [5, 5.41) is 11.5. The first kappa shape index (κ1) is 16.2. The second-order valence-corrected chi connectivity index (χ2v) is 5.56. The van der Waals surface area contributed by atoms with E-state index in [0.717, 1.165) is 5.56 Å². The van der Waals surface area contributed by atoms with E-state index in [1.165, 1.54) is 7.11 Å². The van der Waals surface area contributed by atoms with Crippen molar-refractivity contribution in [2.45, 2.75) is 32.2 Å². The zero-order valence-electron chi connectivity index (χ0n) is 12.3. The van der Waals surface area contributed by atoms with E-state index in [1.807, 2.05) is 12.1 Å². The number of methoxy groups -OCH3 is 1. The summed E-state index contributed by atoms with van der Waals surface area (Å²) in [7, 11) is 1.20. The molecule has 0 fully saturated rings. The molecule has 0 spiro atoms. The summed E-state index contributed by atoms with van der Waals surface area (Å²) < 4.78 is 4.49. The first-order valence-corrected chi connectivity index (χ1v) is 6.39. The summed E-state index contributed by atoms with van der Waals surface area (Å²) >= 11 is 0. The van der Waals surface area contributed by atoms with Crippen LogP contribution in [0.1, 0.15) is 36.7 Å². The molecule has 5 nitrogen and oxygen atoms in total. The Labute approximate surface area is 118 Å². The topological polar surface area (TPSA) is 75.6 Å². The van der Waals surface area contributed by atoms with Gasteiger partial charge in [-0.05, 0) is 23.1 Å². The maximum Gasteiger partial charge on any atom is 0.330 e. The number of hydrogen-bond donors (Lipinski definition) is 2. The molecule has 2 N–H and O–H groups in total. The number of nitrogens with one attached hydrogen (secondary N) is 1. The van der Waals surface area contributed by atoms with Crippen molar-refractivity contribution < 1.29 is 19.4 Å². The van der Waals surface area contributed by atoms with Gasteiger partial charge >= 0.3 is 5.97 Å². The number of aliphatic hydroxyl groups excluding tert-OH is 1. The molecule has 0 aliphatic carbocycles. The summed E-state index contributed by atoms with van der Waals surface area (Å²) in [4.78, 5) is 23.3. The van der Waals surface area contributed by atoms with Crippen LogP contribution < -0.4 is 5.32 Å². The van der Waals surface area contributed by atoms with E-state index in [0.29, 0.717) is 5.56 Å². The number of amides is 1. The van der Waals surface area contributed by atoms with Crippen molar-refractivity contribution in [1.29, 1.82) is 0 Å². The van der Waals surface area contributed by atoms with Gasteiger partial charge in [0, 0.05) is 5.56 Å². The molecular formula is C15H21NO4. The molecule has 0 aliphatic rings. The average Bonchev–Trinajstić information content (AvgIpc) is 2.42. The van der Waals surface area contributed by atoms with Crippen LogP contribution in [0.25, 0.3) is 0 Å². The normalized spacial score (nSPS) is 12.7. The van der Waals surface area contributed by atoms with Gasteiger partial charge in [-0.1, -0.05) is 32.9 Å². The fraction of sp³-hybridized carbons (Fsp3) is 0.467. The van der Waals surface area contributed by atoms with E-state index >= 15 is 0 Å². The van der Waals surface area contributed by atoms with Gasteiger partial charge in [-0.25, -0.2) is 4.79 Å². The van der Waals surface area contributed by atoms with Crippen molar-refractivity contribution >= 4 is 11.9 Å². The smallest absolute Gasteiger partial charge is 0.330 e. The van der Waals surface area contributed by atoms with E-state index in [1.54, 1.807) is 12.1 Å². The molecule has 0 radical (unpaired) electrons. The van der Waals surface area contributed by atoms with Crippen molar-refractivity contribution in [3.8, 4) is 0 Å². The predicted octanol–water partition coefficient (Wildman–Crippen LogP) is 1.25. The quantitative estimate of drug-likeness (QED) is 0.813. The fourth-order valence-corrected chi connectivity index (χ4v) is 1.68. The number of hydrogen-bond acceptors (Lipinski definition) is 4. The molecule has 0 aliphatic heterocycles. The molecule has 20 heavy (non-hydrogen) atoms. The number of rotatable bonds is 4. The van der Waals surface area contributed by atoms with Gasteiger partial charge in [-0.2, -0.15) is 0 Å². The van der Waals surface area contributed by atoms with E-state index in [-0.39, 0.29) is 5.41 Å². The van der Waals surface area contributed by atoms with Gasteiger partial charge in [-0.15, -0.1) is 0 Å². The monoisotopic (exact) mass is 279 g/mol. The third kappa shape index (κ3) is 4.06. The van der Waals surface area contributed by atoms with Crippen LogP contribution >= 0.6 is 0 Å². The lowest BCUT2D eigenvalue weighted by molar-refractivity contribution is -0.143. The number of esters is 1. The van der Waals surface area contributed by atoms with Crippen molar-refractivity contribution in [2.24, 2.45) is 0 Å². The van der Waals surface area contributed by atoms with Gasteiger partial charge < -0.3 is 15.2 Å². The molecule has 0 aromatic heterocycles. The third-order valence-electron chi connectivity index (χ3n) is 2.99. The maximum atomic E-state index is 12.0. The highest BCUT2D eigenvalue weighted by Crippen LogP contribution is 2.22. The van der Waals surface area contributed by atoms with Gasteiger partial charge in [0.25, 0.3) is 5.91 Å². The highest BCUT2D eigenvalue weighted by atomic mass is 16.5. The lowest BCUT2D eigenvalue weighted by atomic mass is 9.86. The minimum absolute atomic E-state index is 0.00859. The molecule has 0 heterocycles. The van der Waals surface area contributed by atoms with Crippen molar-refractivity contribution in [3.05, 3.63) is 35.4 Å². The summed E-state index contributed by atoms with van der Waals surface area (Å²) in [6.45, 7) is 5.75. The van der Waals surface area contributed by atoms with Crippen LogP contribution in [-0.4, -0.2) is 36.7 Å². The summed E-state index contributed by atoms with van der Waals surface area (Å²) in [5.74, 6) is -1.10. The molecule has 1 atom stereocenters. The molecule has 110 valence electrons. The van der Waals surface area contributed by atoms with Gasteiger partial charge in [0.2, 0.25) is 0 Å². The Morgan fingerprint density at radius 2 is 1.80 bits per heavy atom. The Bertz CT molecular complexity index is 474. The molecule has 0 bridgehead atoms. The van der Waals surface area contributed by atoms with Gasteiger partial charge in [0.05, 0.1) is 13.7 Å². The fourth-order valence-electron chi connectivity index (χ4n) is 1.68. The van der Waals surface area contributed by atoms with Crippen LogP contribution in [0.5, 0.6) is 0 Å². The van der Waals surface area contributed by atoms with Gasteiger partial charge in [0.1, 0.15) is 0 Å². The van der Waals surface area contributed by atoms with Crippen LogP contribution in [-0.2, 0) is 14.9 Å². The molecule has 1 aromatic carbocycles. The zero-order chi connectivity index (χ0) is 15.3. The van der Waals surface area contributed by atoms with Crippen LogP contribution in [0.4, 0.5) is 0 Å². The first-order valence-electron chi connectivity index (χ1n) is 6.39. The largest absolute Gasteiger partial charge is 0.467 e. The van der Waals surface area contributed by atoms with Gasteiger partial charge in [-0.3, -0.25) is 4.79 Å². The number of carbonyl (C=O) groups is 2. The van der Waals surface area contributed by atoms with Crippen LogP contribution in [0.2, 0.25) is 0 Å². The standard InChI is InChI=1S/C15H21NO4/c1-15(2,3)11-7-5-10(6-8-11)13(18)16-12(9-17)14(19)20-4/h5-8,12,17H,9H2,1-4H3,(H,16,18)/t12-/m1/s1. The Morgan fingerprint density at radius 1 is 1.25 bits per heavy atom. The number of ether oxygens (including phenoxy) is 1. The highest BCUT2D eigenvalue weighted by Gasteiger charge is 2.21. The lowest BCUT2D eigenvalue weighted by Crippen LogP contribution is -2.44. The van der Waals surface area contributed by atoms with Crippen LogP contribution in [0.15, 0.2) is 24.3 Å². The van der Waals surface area contributed by atoms with Crippen LogP contribution in [0, 0.1) is 0 Å². The van der Waals surface area contributed by atoms with Crippen molar-refractivity contribution in [2.75, 3.05) is 13.7 Å². The predicted molar refractivity (Wildman–Crippen MR) is 75.5 cm³/mol.